The highest BCUT2D eigenvalue weighted by atomic mass is 16.4. The van der Waals surface area contributed by atoms with Gasteiger partial charge in [0.1, 0.15) is 5.76 Å². The summed E-state index contributed by atoms with van der Waals surface area (Å²) in [7, 11) is 0. The third-order valence-electron chi connectivity index (χ3n) is 1.87. The molecule has 14 heavy (non-hydrogen) atoms. The van der Waals surface area contributed by atoms with Gasteiger partial charge in [0.15, 0.2) is 0 Å². The Morgan fingerprint density at radius 3 is 2.79 bits per heavy atom. The van der Waals surface area contributed by atoms with Crippen molar-refractivity contribution in [3.8, 4) is 11.5 Å². The molecule has 2 aromatic heterocycles. The molecular weight excluding hydrogens is 178 g/mol. The minimum Gasteiger partial charge on any atom is -0.441 e. The SMILES string of the molecule is NCCc1cnc(-c2ccncc2)o1. The van der Waals surface area contributed by atoms with Crippen LogP contribution < -0.4 is 5.73 Å². The molecule has 72 valence electrons. The maximum absolute atomic E-state index is 5.49. The van der Waals surface area contributed by atoms with Gasteiger partial charge in [0.25, 0.3) is 0 Å². The van der Waals surface area contributed by atoms with Crippen molar-refractivity contribution in [2.24, 2.45) is 5.73 Å². The molecule has 0 bridgehead atoms. The van der Waals surface area contributed by atoms with Crippen LogP contribution in [0, 0.1) is 0 Å². The standard InChI is InChI=1S/C10H11N3O/c11-4-1-9-7-13-10(14-9)8-2-5-12-6-3-8/h2-3,5-7H,1,4,11H2. The lowest BCUT2D eigenvalue weighted by molar-refractivity contribution is 0.519. The van der Waals surface area contributed by atoms with E-state index in [1.165, 1.54) is 0 Å². The van der Waals surface area contributed by atoms with Crippen molar-refractivity contribution in [2.45, 2.75) is 6.42 Å². The lowest BCUT2D eigenvalue weighted by Gasteiger charge is -1.93. The van der Waals surface area contributed by atoms with Crippen LogP contribution in [0.2, 0.25) is 0 Å². The van der Waals surface area contributed by atoms with E-state index in [4.69, 9.17) is 10.2 Å². The lowest BCUT2D eigenvalue weighted by atomic mass is 10.3. The second-order valence-electron chi connectivity index (χ2n) is 2.91. The predicted octanol–water partition coefficient (Wildman–Crippen LogP) is 1.24. The van der Waals surface area contributed by atoms with Crippen LogP contribution in [0.4, 0.5) is 0 Å². The van der Waals surface area contributed by atoms with E-state index in [0.717, 1.165) is 17.7 Å². The van der Waals surface area contributed by atoms with Gasteiger partial charge in [0, 0.05) is 24.4 Å². The van der Waals surface area contributed by atoms with E-state index in [1.807, 2.05) is 12.1 Å². The lowest BCUT2D eigenvalue weighted by Crippen LogP contribution is -2.01. The van der Waals surface area contributed by atoms with E-state index in [0.29, 0.717) is 12.4 Å². The van der Waals surface area contributed by atoms with E-state index in [1.54, 1.807) is 18.6 Å². The zero-order valence-corrected chi connectivity index (χ0v) is 7.68. The average molecular weight is 189 g/mol. The van der Waals surface area contributed by atoms with E-state index in [2.05, 4.69) is 9.97 Å². The van der Waals surface area contributed by atoms with Crippen LogP contribution in [0.1, 0.15) is 5.76 Å². The Morgan fingerprint density at radius 1 is 1.29 bits per heavy atom. The van der Waals surface area contributed by atoms with Crippen molar-refractivity contribution in [2.75, 3.05) is 6.54 Å². The smallest absolute Gasteiger partial charge is 0.226 e. The summed E-state index contributed by atoms with van der Waals surface area (Å²) in [6, 6.07) is 3.72. The molecule has 0 aliphatic carbocycles. The molecule has 2 heterocycles. The molecule has 0 aliphatic rings. The molecular formula is C10H11N3O. The molecule has 0 saturated carbocycles. The Balaban J connectivity index is 2.25. The number of hydrogen-bond acceptors (Lipinski definition) is 4. The normalized spacial score (nSPS) is 10.4. The van der Waals surface area contributed by atoms with E-state index >= 15 is 0 Å². The van der Waals surface area contributed by atoms with Gasteiger partial charge in [-0.2, -0.15) is 0 Å². The predicted molar refractivity (Wildman–Crippen MR) is 52.5 cm³/mol. The van der Waals surface area contributed by atoms with Crippen LogP contribution in [0.5, 0.6) is 0 Å². The van der Waals surface area contributed by atoms with Crippen LogP contribution in [-0.4, -0.2) is 16.5 Å². The number of nitrogens with two attached hydrogens (primary N) is 1. The molecule has 0 radical (unpaired) electrons. The molecule has 0 aliphatic heterocycles. The summed E-state index contributed by atoms with van der Waals surface area (Å²) in [5.41, 5.74) is 6.34. The fourth-order valence-corrected chi connectivity index (χ4v) is 1.19. The largest absolute Gasteiger partial charge is 0.441 e. The molecule has 0 spiro atoms. The molecule has 0 saturated heterocycles. The zero-order valence-electron chi connectivity index (χ0n) is 7.68. The summed E-state index contributed by atoms with van der Waals surface area (Å²) in [5, 5.41) is 0. The number of hydrogen-bond donors (Lipinski definition) is 1. The van der Waals surface area contributed by atoms with Gasteiger partial charge in [-0.05, 0) is 18.7 Å². The summed E-state index contributed by atoms with van der Waals surface area (Å²) in [5.74, 6) is 1.44. The number of aromatic nitrogens is 2. The minimum atomic E-state index is 0.574. The van der Waals surface area contributed by atoms with E-state index in [-0.39, 0.29) is 0 Å². The van der Waals surface area contributed by atoms with Crippen LogP contribution >= 0.6 is 0 Å². The fourth-order valence-electron chi connectivity index (χ4n) is 1.19. The van der Waals surface area contributed by atoms with Crippen molar-refractivity contribution in [3.63, 3.8) is 0 Å². The van der Waals surface area contributed by atoms with E-state index in [9.17, 15) is 0 Å². The second-order valence-corrected chi connectivity index (χ2v) is 2.91. The topological polar surface area (TPSA) is 64.9 Å². The van der Waals surface area contributed by atoms with Gasteiger partial charge in [-0.3, -0.25) is 4.98 Å². The van der Waals surface area contributed by atoms with E-state index < -0.39 is 0 Å². The van der Waals surface area contributed by atoms with Gasteiger partial charge in [0.05, 0.1) is 6.20 Å². The summed E-state index contributed by atoms with van der Waals surface area (Å²) in [4.78, 5) is 8.08. The number of pyridine rings is 1. The first-order chi connectivity index (χ1) is 6.90. The first-order valence-electron chi connectivity index (χ1n) is 4.45. The summed E-state index contributed by atoms with van der Waals surface area (Å²) < 4.78 is 5.49. The van der Waals surface area contributed by atoms with Gasteiger partial charge in [0.2, 0.25) is 5.89 Å². The fraction of sp³-hybridized carbons (Fsp3) is 0.200. The number of rotatable bonds is 3. The first-order valence-corrected chi connectivity index (χ1v) is 4.45. The van der Waals surface area contributed by atoms with Gasteiger partial charge in [-0.1, -0.05) is 0 Å². The van der Waals surface area contributed by atoms with Crippen LogP contribution in [-0.2, 0) is 6.42 Å². The highest BCUT2D eigenvalue weighted by molar-refractivity contribution is 5.51. The Kier molecular flexibility index (Phi) is 2.55. The minimum absolute atomic E-state index is 0.574. The molecule has 0 aromatic carbocycles. The molecule has 4 heteroatoms. The van der Waals surface area contributed by atoms with Crippen LogP contribution in [0.3, 0.4) is 0 Å². The highest BCUT2D eigenvalue weighted by Gasteiger charge is 2.04. The first kappa shape index (κ1) is 8.90. The molecule has 2 N–H and O–H groups in total. The Bertz CT molecular complexity index is 397. The maximum atomic E-state index is 5.49. The third-order valence-corrected chi connectivity index (χ3v) is 1.87. The highest BCUT2D eigenvalue weighted by Crippen LogP contribution is 2.17. The third kappa shape index (κ3) is 1.80. The Morgan fingerprint density at radius 2 is 2.07 bits per heavy atom. The molecule has 0 fully saturated rings. The van der Waals surface area contributed by atoms with Crippen molar-refractivity contribution < 1.29 is 4.42 Å². The van der Waals surface area contributed by atoms with Crippen molar-refractivity contribution in [1.29, 1.82) is 0 Å². The van der Waals surface area contributed by atoms with Gasteiger partial charge < -0.3 is 10.2 Å². The molecule has 2 rings (SSSR count). The molecule has 0 amide bonds. The van der Waals surface area contributed by atoms with Crippen molar-refractivity contribution >= 4 is 0 Å². The summed E-state index contributed by atoms with van der Waals surface area (Å²) >= 11 is 0. The molecule has 0 atom stereocenters. The summed E-state index contributed by atoms with van der Waals surface area (Å²) in [6.07, 6.45) is 5.85. The Hall–Kier alpha value is -1.68. The molecule has 2 aromatic rings. The summed E-state index contributed by atoms with van der Waals surface area (Å²) in [6.45, 7) is 0.574. The van der Waals surface area contributed by atoms with Crippen molar-refractivity contribution in [3.05, 3.63) is 36.5 Å². The average Bonchev–Trinajstić information content (AvgIpc) is 2.68. The molecule has 4 nitrogen and oxygen atoms in total. The molecule has 0 unspecified atom stereocenters. The monoisotopic (exact) mass is 189 g/mol. The van der Waals surface area contributed by atoms with Crippen LogP contribution in [0.25, 0.3) is 11.5 Å². The van der Waals surface area contributed by atoms with Crippen molar-refractivity contribution in [1.82, 2.24) is 9.97 Å². The van der Waals surface area contributed by atoms with Gasteiger partial charge >= 0.3 is 0 Å². The Labute approximate surface area is 81.8 Å². The second kappa shape index (κ2) is 4.02. The zero-order chi connectivity index (χ0) is 9.80. The maximum Gasteiger partial charge on any atom is 0.226 e. The number of oxazole rings is 1. The van der Waals surface area contributed by atoms with Gasteiger partial charge in [-0.15, -0.1) is 0 Å². The van der Waals surface area contributed by atoms with Crippen LogP contribution in [0.15, 0.2) is 35.1 Å². The van der Waals surface area contributed by atoms with Gasteiger partial charge in [-0.25, -0.2) is 4.98 Å². The number of nitrogens with zero attached hydrogens (tertiary/aromatic N) is 2. The quantitative estimate of drug-likeness (QED) is 0.788.